The lowest BCUT2D eigenvalue weighted by Crippen LogP contribution is -2.50. The Bertz CT molecular complexity index is 1240. The summed E-state index contributed by atoms with van der Waals surface area (Å²) in [5.41, 5.74) is 1.91. The second-order valence-corrected chi connectivity index (χ2v) is 8.66. The first kappa shape index (κ1) is 16.6. The van der Waals surface area contributed by atoms with Crippen LogP contribution in [0.3, 0.4) is 0 Å². The number of carbonyl (C=O) groups excluding carboxylic acids is 1. The minimum absolute atomic E-state index is 0.0509. The van der Waals surface area contributed by atoms with Crippen LogP contribution >= 0.6 is 23.5 Å². The molecule has 1 amide bonds. The maximum Gasteiger partial charge on any atom is 0.497 e. The molecule has 6 heteroatoms. The second kappa shape index (κ2) is 6.25. The first-order valence-corrected chi connectivity index (χ1v) is 10.2. The van der Waals surface area contributed by atoms with Gasteiger partial charge in [0.15, 0.2) is 0 Å². The van der Waals surface area contributed by atoms with E-state index in [4.69, 9.17) is 0 Å². The summed E-state index contributed by atoms with van der Waals surface area (Å²) >= 11 is 3.45. The van der Waals surface area contributed by atoms with E-state index in [-0.39, 0.29) is 6.03 Å². The first-order chi connectivity index (χ1) is 13.1. The molecule has 0 radical (unpaired) electrons. The molecular formula is C21H16N3OS2+. The molecule has 1 aliphatic rings. The number of aromatic nitrogens is 2. The van der Waals surface area contributed by atoms with Gasteiger partial charge in [-0.3, -0.25) is 4.98 Å². The Morgan fingerprint density at radius 1 is 0.926 bits per heavy atom. The number of para-hydroxylation sites is 2. The highest BCUT2D eigenvalue weighted by atomic mass is 32.2. The zero-order valence-corrected chi connectivity index (χ0v) is 16.5. The van der Waals surface area contributed by atoms with Crippen molar-refractivity contribution in [3.63, 3.8) is 0 Å². The van der Waals surface area contributed by atoms with E-state index in [0.29, 0.717) is 0 Å². The van der Waals surface area contributed by atoms with Crippen molar-refractivity contribution in [3.05, 3.63) is 60.9 Å². The molecular weight excluding hydrogens is 374 g/mol. The molecule has 132 valence electrons. The number of rotatable bonds is 0. The van der Waals surface area contributed by atoms with Crippen LogP contribution in [0.4, 0.5) is 4.79 Å². The Morgan fingerprint density at radius 2 is 1.59 bits per heavy atom. The zero-order chi connectivity index (χ0) is 18.5. The molecule has 27 heavy (non-hydrogen) atoms. The number of benzene rings is 2. The van der Waals surface area contributed by atoms with Gasteiger partial charge in [-0.15, -0.1) is 0 Å². The number of carbonyl (C=O) groups is 1. The van der Waals surface area contributed by atoms with Crippen molar-refractivity contribution in [1.82, 2.24) is 9.88 Å². The number of fused-ring (bicyclic) bond motifs is 6. The summed E-state index contributed by atoms with van der Waals surface area (Å²) in [6.45, 7) is 0. The Hall–Kier alpha value is -2.57. The third-order valence-corrected chi connectivity index (χ3v) is 7.19. The van der Waals surface area contributed by atoms with Crippen LogP contribution in [0.1, 0.15) is 0 Å². The van der Waals surface area contributed by atoms with Crippen molar-refractivity contribution >= 4 is 51.4 Å². The van der Waals surface area contributed by atoms with E-state index in [2.05, 4.69) is 17.1 Å². The molecule has 0 fully saturated rings. The van der Waals surface area contributed by atoms with E-state index in [1.807, 2.05) is 48.8 Å². The van der Waals surface area contributed by atoms with Crippen LogP contribution in [0.25, 0.3) is 21.8 Å². The van der Waals surface area contributed by atoms with Crippen LogP contribution in [0, 0.1) is 0 Å². The third-order valence-electron chi connectivity index (χ3n) is 4.58. The molecule has 5 rings (SSSR count). The predicted octanol–water partition coefficient (Wildman–Crippen LogP) is 4.82. The lowest BCUT2D eigenvalue weighted by Gasteiger charge is -2.21. The summed E-state index contributed by atoms with van der Waals surface area (Å²) in [6, 6.07) is 16.2. The number of pyridine rings is 2. The highest BCUT2D eigenvalue weighted by Gasteiger charge is 2.28. The van der Waals surface area contributed by atoms with E-state index in [9.17, 15) is 4.79 Å². The molecule has 2 aromatic carbocycles. The normalized spacial score (nSPS) is 12.7. The number of nitrogens with zero attached hydrogens (tertiary/aromatic N) is 3. The Labute approximate surface area is 165 Å². The van der Waals surface area contributed by atoms with Crippen LogP contribution in [-0.4, -0.2) is 30.0 Å². The molecule has 0 N–H and O–H groups in total. The monoisotopic (exact) mass is 390 g/mol. The molecule has 0 saturated heterocycles. The van der Waals surface area contributed by atoms with E-state index < -0.39 is 0 Å². The molecule has 1 aliphatic heterocycles. The van der Waals surface area contributed by atoms with E-state index in [1.54, 1.807) is 47.1 Å². The van der Waals surface area contributed by atoms with Gasteiger partial charge in [0.25, 0.3) is 0 Å². The van der Waals surface area contributed by atoms with E-state index in [0.717, 1.165) is 31.6 Å². The van der Waals surface area contributed by atoms with Crippen LogP contribution in [0.5, 0.6) is 0 Å². The summed E-state index contributed by atoms with van der Waals surface area (Å²) in [6.07, 6.45) is 3.93. The van der Waals surface area contributed by atoms with Gasteiger partial charge >= 0.3 is 6.03 Å². The van der Waals surface area contributed by atoms with Crippen LogP contribution in [0.15, 0.2) is 80.5 Å². The third kappa shape index (κ3) is 2.59. The molecule has 0 aliphatic carbocycles. The fourth-order valence-corrected chi connectivity index (χ4v) is 5.78. The SMILES string of the molecule is CN(C)C(=O)[n+]1cc2c(c3ccccc31)Sc1cnc3ccccc3c1S2. The molecule has 0 saturated carbocycles. The van der Waals surface area contributed by atoms with Gasteiger partial charge in [0.1, 0.15) is 11.7 Å². The molecule has 0 unspecified atom stereocenters. The standard InChI is InChI=1S/C21H16N3OS2/c1-23(2)21(25)24-12-18-20(14-8-4-6-10-16(14)24)26-17-11-22-15-9-5-3-7-13(15)19(17)27-18/h3-12H,1-2H3/q+1. The lowest BCUT2D eigenvalue weighted by atomic mass is 10.2. The first-order valence-electron chi connectivity index (χ1n) is 8.56. The fourth-order valence-electron chi connectivity index (χ4n) is 3.30. The van der Waals surface area contributed by atoms with Crippen LogP contribution in [-0.2, 0) is 0 Å². The lowest BCUT2D eigenvalue weighted by molar-refractivity contribution is -0.552. The van der Waals surface area contributed by atoms with Crippen molar-refractivity contribution in [2.24, 2.45) is 0 Å². The number of hydrogen-bond donors (Lipinski definition) is 0. The molecule has 0 spiro atoms. The number of hydrogen-bond acceptors (Lipinski definition) is 4. The van der Waals surface area contributed by atoms with Crippen molar-refractivity contribution in [2.45, 2.75) is 19.6 Å². The van der Waals surface area contributed by atoms with Gasteiger partial charge < -0.3 is 0 Å². The highest BCUT2D eigenvalue weighted by molar-refractivity contribution is 8.05. The minimum Gasteiger partial charge on any atom is -0.255 e. The Kier molecular flexibility index (Phi) is 3.84. The fraction of sp³-hybridized carbons (Fsp3) is 0.0952. The largest absolute Gasteiger partial charge is 0.497 e. The maximum atomic E-state index is 12.8. The summed E-state index contributed by atoms with van der Waals surface area (Å²) in [7, 11) is 3.56. The van der Waals surface area contributed by atoms with Crippen molar-refractivity contribution in [3.8, 4) is 0 Å². The Morgan fingerprint density at radius 3 is 2.41 bits per heavy atom. The van der Waals surface area contributed by atoms with Crippen LogP contribution in [0.2, 0.25) is 0 Å². The summed E-state index contributed by atoms with van der Waals surface area (Å²) < 4.78 is 1.75. The van der Waals surface area contributed by atoms with Crippen molar-refractivity contribution in [2.75, 3.05) is 14.1 Å². The predicted molar refractivity (Wildman–Crippen MR) is 109 cm³/mol. The molecule has 0 bridgehead atoms. The van der Waals surface area contributed by atoms with Gasteiger partial charge in [-0.1, -0.05) is 53.9 Å². The summed E-state index contributed by atoms with van der Waals surface area (Å²) in [4.78, 5) is 23.6. The quantitative estimate of drug-likeness (QED) is 0.355. The summed E-state index contributed by atoms with van der Waals surface area (Å²) in [5.74, 6) is 0. The number of amides is 1. The smallest absolute Gasteiger partial charge is 0.255 e. The molecule has 4 nitrogen and oxygen atoms in total. The van der Waals surface area contributed by atoms with Gasteiger partial charge in [0.05, 0.1) is 24.5 Å². The zero-order valence-electron chi connectivity index (χ0n) is 14.8. The van der Waals surface area contributed by atoms with Gasteiger partial charge in [0, 0.05) is 31.7 Å². The van der Waals surface area contributed by atoms with Crippen molar-refractivity contribution < 1.29 is 9.36 Å². The average molecular weight is 391 g/mol. The average Bonchev–Trinajstić information content (AvgIpc) is 2.71. The summed E-state index contributed by atoms with van der Waals surface area (Å²) in [5, 5.41) is 2.23. The highest BCUT2D eigenvalue weighted by Crippen LogP contribution is 2.51. The van der Waals surface area contributed by atoms with Crippen molar-refractivity contribution in [1.29, 1.82) is 0 Å². The van der Waals surface area contributed by atoms with Crippen LogP contribution < -0.4 is 4.57 Å². The maximum absolute atomic E-state index is 12.8. The van der Waals surface area contributed by atoms with Gasteiger partial charge in [-0.25, -0.2) is 4.90 Å². The van der Waals surface area contributed by atoms with Gasteiger partial charge in [-0.05, 0) is 18.2 Å². The molecule has 2 aromatic heterocycles. The van der Waals surface area contributed by atoms with E-state index >= 15 is 0 Å². The van der Waals surface area contributed by atoms with Gasteiger partial charge in [-0.2, -0.15) is 9.36 Å². The molecule has 3 heterocycles. The topological polar surface area (TPSA) is 37.1 Å². The van der Waals surface area contributed by atoms with Gasteiger partial charge in [0.2, 0.25) is 0 Å². The second-order valence-electron chi connectivity index (χ2n) is 6.56. The molecule has 0 atom stereocenters. The molecule has 4 aromatic rings. The minimum atomic E-state index is -0.0509. The Balaban J connectivity index is 1.77. The van der Waals surface area contributed by atoms with E-state index in [1.165, 1.54) is 9.79 Å².